The van der Waals surface area contributed by atoms with E-state index in [9.17, 15) is 4.79 Å². The SMILES string of the molecule is CN(C)c1ccc2nnc(CCCC(=O)O)n2n1. The van der Waals surface area contributed by atoms with Gasteiger partial charge in [-0.1, -0.05) is 0 Å². The first kappa shape index (κ1) is 12.3. The average Bonchev–Trinajstić information content (AvgIpc) is 2.71. The number of carbonyl (C=O) groups is 1. The second kappa shape index (κ2) is 4.99. The minimum atomic E-state index is -0.800. The van der Waals surface area contributed by atoms with Crippen molar-refractivity contribution in [1.29, 1.82) is 0 Å². The van der Waals surface area contributed by atoms with Crippen LogP contribution in [0, 0.1) is 0 Å². The van der Waals surface area contributed by atoms with E-state index in [1.54, 1.807) is 4.52 Å². The van der Waals surface area contributed by atoms with Crippen LogP contribution in [0.15, 0.2) is 12.1 Å². The molecule has 2 rings (SSSR count). The second-order valence-electron chi connectivity index (χ2n) is 4.22. The Kier molecular flexibility index (Phi) is 3.40. The molecule has 0 aliphatic carbocycles. The van der Waals surface area contributed by atoms with E-state index in [2.05, 4.69) is 15.3 Å². The van der Waals surface area contributed by atoms with Gasteiger partial charge in [-0.2, -0.15) is 4.52 Å². The van der Waals surface area contributed by atoms with Crippen LogP contribution in [-0.2, 0) is 11.2 Å². The Bertz CT molecular complexity index is 564. The highest BCUT2D eigenvalue weighted by Gasteiger charge is 2.09. The summed E-state index contributed by atoms with van der Waals surface area (Å²) < 4.78 is 1.66. The predicted octanol–water partition coefficient (Wildman–Crippen LogP) is 0.598. The Morgan fingerprint density at radius 1 is 1.39 bits per heavy atom. The van der Waals surface area contributed by atoms with Crippen LogP contribution in [0.4, 0.5) is 5.82 Å². The zero-order valence-corrected chi connectivity index (χ0v) is 10.4. The van der Waals surface area contributed by atoms with Crippen molar-refractivity contribution >= 4 is 17.4 Å². The molecule has 2 heterocycles. The normalized spacial score (nSPS) is 10.8. The second-order valence-corrected chi connectivity index (χ2v) is 4.22. The van der Waals surface area contributed by atoms with E-state index < -0.39 is 5.97 Å². The third-order valence-electron chi connectivity index (χ3n) is 2.56. The van der Waals surface area contributed by atoms with E-state index in [0.717, 1.165) is 5.82 Å². The molecular formula is C11H15N5O2. The molecule has 0 spiro atoms. The molecule has 0 radical (unpaired) electrons. The summed E-state index contributed by atoms with van der Waals surface area (Å²) in [5.41, 5.74) is 0.672. The van der Waals surface area contributed by atoms with E-state index in [0.29, 0.717) is 24.3 Å². The maximum Gasteiger partial charge on any atom is 0.303 e. The van der Waals surface area contributed by atoms with Gasteiger partial charge in [0, 0.05) is 26.9 Å². The van der Waals surface area contributed by atoms with Gasteiger partial charge in [-0.05, 0) is 18.6 Å². The number of hydrogen-bond acceptors (Lipinski definition) is 5. The number of anilines is 1. The van der Waals surface area contributed by atoms with Gasteiger partial charge in [-0.3, -0.25) is 4.79 Å². The molecule has 2 aromatic rings. The number of carboxylic acids is 1. The highest BCUT2D eigenvalue weighted by atomic mass is 16.4. The standard InChI is InChI=1S/C11H15N5O2/c1-15(2)10-7-6-9-13-12-8(16(9)14-10)4-3-5-11(17)18/h6-7H,3-5H2,1-2H3,(H,17,18). The summed E-state index contributed by atoms with van der Waals surface area (Å²) in [6, 6.07) is 3.71. The molecule has 7 heteroatoms. The highest BCUT2D eigenvalue weighted by Crippen LogP contribution is 2.10. The van der Waals surface area contributed by atoms with Gasteiger partial charge in [0.15, 0.2) is 11.5 Å². The van der Waals surface area contributed by atoms with Crippen LogP contribution in [0.5, 0.6) is 0 Å². The van der Waals surface area contributed by atoms with Crippen LogP contribution in [0.25, 0.3) is 5.65 Å². The first-order chi connectivity index (χ1) is 8.58. The number of nitrogens with zero attached hydrogens (tertiary/aromatic N) is 5. The van der Waals surface area contributed by atoms with Gasteiger partial charge < -0.3 is 10.0 Å². The van der Waals surface area contributed by atoms with E-state index in [1.807, 2.05) is 31.1 Å². The first-order valence-corrected chi connectivity index (χ1v) is 5.68. The van der Waals surface area contributed by atoms with Gasteiger partial charge >= 0.3 is 5.97 Å². The molecule has 0 saturated carbocycles. The smallest absolute Gasteiger partial charge is 0.303 e. The van der Waals surface area contributed by atoms with Gasteiger partial charge in [-0.25, -0.2) is 0 Å². The molecule has 0 bridgehead atoms. The number of hydrogen-bond donors (Lipinski definition) is 1. The number of fused-ring (bicyclic) bond motifs is 1. The summed E-state index contributed by atoms with van der Waals surface area (Å²) in [5.74, 6) is 0.697. The monoisotopic (exact) mass is 249 g/mol. The predicted molar refractivity (Wildman–Crippen MR) is 65.7 cm³/mol. The van der Waals surface area contributed by atoms with E-state index in [1.165, 1.54) is 0 Å². The molecule has 0 atom stereocenters. The first-order valence-electron chi connectivity index (χ1n) is 5.68. The quantitative estimate of drug-likeness (QED) is 0.835. The largest absolute Gasteiger partial charge is 0.481 e. The van der Waals surface area contributed by atoms with Crippen LogP contribution in [0.2, 0.25) is 0 Å². The minimum Gasteiger partial charge on any atom is -0.481 e. The molecule has 18 heavy (non-hydrogen) atoms. The maximum absolute atomic E-state index is 10.5. The molecule has 1 N–H and O–H groups in total. The molecule has 0 fully saturated rings. The van der Waals surface area contributed by atoms with Crippen molar-refractivity contribution in [3.8, 4) is 0 Å². The van der Waals surface area contributed by atoms with E-state index >= 15 is 0 Å². The van der Waals surface area contributed by atoms with Gasteiger partial charge in [-0.15, -0.1) is 15.3 Å². The lowest BCUT2D eigenvalue weighted by molar-refractivity contribution is -0.137. The fourth-order valence-electron chi connectivity index (χ4n) is 1.62. The van der Waals surface area contributed by atoms with Crippen molar-refractivity contribution in [3.63, 3.8) is 0 Å². The molecule has 96 valence electrons. The average molecular weight is 249 g/mol. The van der Waals surface area contributed by atoms with Crippen molar-refractivity contribution in [2.24, 2.45) is 0 Å². The Labute approximate surface area is 104 Å². The fraction of sp³-hybridized carbons (Fsp3) is 0.455. The lowest BCUT2D eigenvalue weighted by Crippen LogP contribution is -2.13. The summed E-state index contributed by atoms with van der Waals surface area (Å²) >= 11 is 0. The summed E-state index contributed by atoms with van der Waals surface area (Å²) in [4.78, 5) is 12.4. The van der Waals surface area contributed by atoms with Crippen LogP contribution in [-0.4, -0.2) is 45.0 Å². The summed E-state index contributed by atoms with van der Waals surface area (Å²) in [5, 5.41) is 21.0. The maximum atomic E-state index is 10.5. The van der Waals surface area contributed by atoms with Crippen molar-refractivity contribution in [1.82, 2.24) is 19.8 Å². The van der Waals surface area contributed by atoms with Crippen molar-refractivity contribution < 1.29 is 9.90 Å². The molecule has 0 aromatic carbocycles. The third-order valence-corrected chi connectivity index (χ3v) is 2.56. The zero-order chi connectivity index (χ0) is 13.1. The summed E-state index contributed by atoms with van der Waals surface area (Å²) in [7, 11) is 3.81. The molecule has 7 nitrogen and oxygen atoms in total. The molecule has 0 unspecified atom stereocenters. The molecule has 0 aliphatic rings. The Morgan fingerprint density at radius 2 is 2.17 bits per heavy atom. The van der Waals surface area contributed by atoms with Crippen molar-refractivity contribution in [3.05, 3.63) is 18.0 Å². The van der Waals surface area contributed by atoms with Gasteiger partial charge in [0.1, 0.15) is 5.82 Å². The lowest BCUT2D eigenvalue weighted by Gasteiger charge is -2.10. The molecule has 2 aromatic heterocycles. The zero-order valence-electron chi connectivity index (χ0n) is 10.4. The van der Waals surface area contributed by atoms with Crippen LogP contribution in [0.3, 0.4) is 0 Å². The Morgan fingerprint density at radius 3 is 2.83 bits per heavy atom. The molecule has 0 aliphatic heterocycles. The van der Waals surface area contributed by atoms with Crippen molar-refractivity contribution in [2.75, 3.05) is 19.0 Å². The number of carboxylic acid groups (broad SMARTS) is 1. The number of aryl methyl sites for hydroxylation is 1. The van der Waals surface area contributed by atoms with Crippen molar-refractivity contribution in [2.45, 2.75) is 19.3 Å². The molecular weight excluding hydrogens is 234 g/mol. The summed E-state index contributed by atoms with van der Waals surface area (Å²) in [6.45, 7) is 0. The highest BCUT2D eigenvalue weighted by molar-refractivity contribution is 5.66. The minimum absolute atomic E-state index is 0.127. The lowest BCUT2D eigenvalue weighted by atomic mass is 10.2. The van der Waals surface area contributed by atoms with Crippen LogP contribution < -0.4 is 4.90 Å². The van der Waals surface area contributed by atoms with E-state index in [4.69, 9.17) is 5.11 Å². The Hall–Kier alpha value is -2.18. The van der Waals surface area contributed by atoms with Crippen LogP contribution >= 0.6 is 0 Å². The number of rotatable bonds is 5. The third kappa shape index (κ3) is 2.55. The van der Waals surface area contributed by atoms with Gasteiger partial charge in [0.05, 0.1) is 0 Å². The molecule has 0 amide bonds. The Balaban J connectivity index is 2.22. The summed E-state index contributed by atoms with van der Waals surface area (Å²) in [6.07, 6.45) is 1.21. The fourth-order valence-corrected chi connectivity index (χ4v) is 1.62. The van der Waals surface area contributed by atoms with Gasteiger partial charge in [0.25, 0.3) is 0 Å². The van der Waals surface area contributed by atoms with Gasteiger partial charge in [0.2, 0.25) is 0 Å². The number of aliphatic carboxylic acids is 1. The van der Waals surface area contributed by atoms with Crippen LogP contribution in [0.1, 0.15) is 18.7 Å². The number of aromatic nitrogens is 4. The van der Waals surface area contributed by atoms with E-state index in [-0.39, 0.29) is 6.42 Å². The topological polar surface area (TPSA) is 83.6 Å². The molecule has 0 saturated heterocycles.